The number of aromatic nitrogens is 4. The predicted octanol–water partition coefficient (Wildman–Crippen LogP) is 2.65. The molecule has 0 amide bonds. The molecule has 0 spiro atoms. The van der Waals surface area contributed by atoms with E-state index in [9.17, 15) is 9.18 Å². The normalized spacial score (nSPS) is 10.6. The van der Waals surface area contributed by atoms with Crippen molar-refractivity contribution >= 4 is 17.4 Å². The van der Waals surface area contributed by atoms with Gasteiger partial charge in [0, 0.05) is 5.56 Å². The quantitative estimate of drug-likeness (QED) is 0.593. The van der Waals surface area contributed by atoms with E-state index >= 15 is 0 Å². The van der Waals surface area contributed by atoms with Crippen LogP contribution in [0.4, 0.5) is 4.39 Å². The summed E-state index contributed by atoms with van der Waals surface area (Å²) in [5.74, 6) is 5.92. The van der Waals surface area contributed by atoms with Crippen LogP contribution >= 0.6 is 11.8 Å². The fourth-order valence-electron chi connectivity index (χ4n) is 2.23. The highest BCUT2D eigenvalue weighted by molar-refractivity contribution is 7.99. The molecule has 0 saturated carbocycles. The maximum atomic E-state index is 13.1. The van der Waals surface area contributed by atoms with Gasteiger partial charge in [-0.15, -0.1) is 5.92 Å². The van der Waals surface area contributed by atoms with Gasteiger partial charge in [-0.2, -0.15) is 9.61 Å². The second-order valence-corrected chi connectivity index (χ2v) is 5.73. The number of thioether (sulfide) groups is 1. The first-order chi connectivity index (χ1) is 11.1. The zero-order valence-electron chi connectivity index (χ0n) is 12.6. The number of aromatic amines is 1. The predicted molar refractivity (Wildman–Crippen MR) is 87.9 cm³/mol. The van der Waals surface area contributed by atoms with Gasteiger partial charge in [0.15, 0.2) is 10.8 Å². The lowest BCUT2D eigenvalue weighted by Crippen LogP contribution is -2.19. The molecule has 3 rings (SSSR count). The first-order valence-corrected chi connectivity index (χ1v) is 7.86. The molecule has 23 heavy (non-hydrogen) atoms. The second kappa shape index (κ2) is 6.26. The Morgan fingerprint density at radius 3 is 2.78 bits per heavy atom. The van der Waals surface area contributed by atoms with Crippen LogP contribution in [0.15, 0.2) is 34.2 Å². The van der Waals surface area contributed by atoms with Crippen molar-refractivity contribution in [1.82, 2.24) is 19.6 Å². The molecule has 0 fully saturated rings. The first-order valence-electron chi connectivity index (χ1n) is 6.88. The van der Waals surface area contributed by atoms with Gasteiger partial charge >= 0.3 is 5.69 Å². The summed E-state index contributed by atoms with van der Waals surface area (Å²) in [5.41, 5.74) is 2.23. The lowest BCUT2D eigenvalue weighted by molar-refractivity contribution is 0.628. The number of H-pyrrole nitrogens is 1. The van der Waals surface area contributed by atoms with Crippen LogP contribution < -0.4 is 5.69 Å². The van der Waals surface area contributed by atoms with Crippen molar-refractivity contribution in [2.45, 2.75) is 19.0 Å². The fraction of sp³-hybridized carbons (Fsp3) is 0.188. The van der Waals surface area contributed by atoms with Gasteiger partial charge in [-0.1, -0.05) is 29.8 Å². The van der Waals surface area contributed by atoms with Crippen LogP contribution in [-0.4, -0.2) is 25.3 Å². The number of aryl methyl sites for hydroxylation is 1. The summed E-state index contributed by atoms with van der Waals surface area (Å²) in [6.45, 7) is 3.55. The van der Waals surface area contributed by atoms with Crippen LogP contribution in [0.2, 0.25) is 0 Å². The summed E-state index contributed by atoms with van der Waals surface area (Å²) in [5, 5.41) is 4.71. The lowest BCUT2D eigenvalue weighted by Gasteiger charge is -2.02. The zero-order chi connectivity index (χ0) is 16.4. The highest BCUT2D eigenvalue weighted by Crippen LogP contribution is 2.27. The van der Waals surface area contributed by atoms with Gasteiger partial charge in [0.1, 0.15) is 5.82 Å². The van der Waals surface area contributed by atoms with E-state index in [-0.39, 0.29) is 11.5 Å². The van der Waals surface area contributed by atoms with Crippen molar-refractivity contribution in [2.24, 2.45) is 0 Å². The van der Waals surface area contributed by atoms with Crippen molar-refractivity contribution in [3.63, 3.8) is 0 Å². The summed E-state index contributed by atoms with van der Waals surface area (Å²) in [6.07, 6.45) is 0. The Kier molecular flexibility index (Phi) is 4.17. The summed E-state index contributed by atoms with van der Waals surface area (Å²) < 4.78 is 14.4. The number of nitrogens with one attached hydrogen (secondary N) is 1. The van der Waals surface area contributed by atoms with Crippen LogP contribution in [0.25, 0.3) is 16.8 Å². The number of hydrogen-bond acceptors (Lipinski definition) is 4. The maximum absolute atomic E-state index is 13.1. The Bertz CT molecular complexity index is 979. The van der Waals surface area contributed by atoms with Crippen molar-refractivity contribution in [3.05, 3.63) is 46.3 Å². The maximum Gasteiger partial charge on any atom is 0.350 e. The third-order valence-electron chi connectivity index (χ3n) is 3.24. The summed E-state index contributed by atoms with van der Waals surface area (Å²) in [4.78, 5) is 19.3. The molecule has 7 heteroatoms. The molecular formula is C16H13FN4OS. The Morgan fingerprint density at radius 1 is 1.35 bits per heavy atom. The number of benzene rings is 1. The van der Waals surface area contributed by atoms with Crippen molar-refractivity contribution in [2.75, 3.05) is 5.75 Å². The monoisotopic (exact) mass is 328 g/mol. The van der Waals surface area contributed by atoms with E-state index in [0.29, 0.717) is 22.3 Å². The third kappa shape index (κ3) is 2.98. The van der Waals surface area contributed by atoms with Crippen LogP contribution in [0, 0.1) is 24.6 Å². The van der Waals surface area contributed by atoms with Crippen LogP contribution in [0.5, 0.6) is 0 Å². The van der Waals surface area contributed by atoms with E-state index in [1.54, 1.807) is 26.0 Å². The Morgan fingerprint density at radius 2 is 2.09 bits per heavy atom. The summed E-state index contributed by atoms with van der Waals surface area (Å²) >= 11 is 1.35. The molecule has 3 aromatic rings. The number of halogens is 1. The molecule has 0 bridgehead atoms. The average Bonchev–Trinajstić information content (AvgIpc) is 2.86. The minimum Gasteiger partial charge on any atom is -0.285 e. The Labute approximate surface area is 136 Å². The van der Waals surface area contributed by atoms with Crippen LogP contribution in [-0.2, 0) is 0 Å². The van der Waals surface area contributed by atoms with E-state index in [1.807, 2.05) is 0 Å². The molecule has 0 unspecified atom stereocenters. The molecule has 0 aliphatic carbocycles. The molecular weight excluding hydrogens is 315 g/mol. The van der Waals surface area contributed by atoms with Gasteiger partial charge in [0.2, 0.25) is 0 Å². The van der Waals surface area contributed by atoms with E-state index in [1.165, 1.54) is 28.4 Å². The topological polar surface area (TPSA) is 63.1 Å². The van der Waals surface area contributed by atoms with Gasteiger partial charge in [0.25, 0.3) is 0 Å². The fourth-order valence-corrected chi connectivity index (χ4v) is 2.89. The molecule has 2 heterocycles. The minimum atomic E-state index is -0.363. The highest BCUT2D eigenvalue weighted by Gasteiger charge is 2.16. The number of nitrogens with zero attached hydrogens (tertiary/aromatic N) is 3. The van der Waals surface area contributed by atoms with Gasteiger partial charge in [-0.3, -0.25) is 4.98 Å². The van der Waals surface area contributed by atoms with Crippen molar-refractivity contribution in [3.8, 4) is 23.0 Å². The number of hydrogen-bond donors (Lipinski definition) is 1. The van der Waals surface area contributed by atoms with Gasteiger partial charge < -0.3 is 0 Å². The molecule has 5 nitrogen and oxygen atoms in total. The molecule has 1 aromatic carbocycles. The largest absolute Gasteiger partial charge is 0.350 e. The van der Waals surface area contributed by atoms with E-state index < -0.39 is 0 Å². The molecule has 0 saturated heterocycles. The highest BCUT2D eigenvalue weighted by atomic mass is 32.2. The van der Waals surface area contributed by atoms with E-state index in [2.05, 4.69) is 26.9 Å². The van der Waals surface area contributed by atoms with E-state index in [0.717, 1.165) is 11.1 Å². The molecule has 116 valence electrons. The van der Waals surface area contributed by atoms with Gasteiger partial charge in [0.05, 0.1) is 11.4 Å². The van der Waals surface area contributed by atoms with Crippen molar-refractivity contribution < 1.29 is 4.39 Å². The standard InChI is InChI=1S/C16H13FN4OS/c1-3-4-9-23-15-18-14-13(11-5-7-12(17)8-6-11)10(2)20-21(14)16(22)19-15/h5-8H,9H2,1-2H3,(H,18,19,22). The lowest BCUT2D eigenvalue weighted by atomic mass is 10.1. The first kappa shape index (κ1) is 15.3. The smallest absolute Gasteiger partial charge is 0.285 e. The molecule has 0 atom stereocenters. The van der Waals surface area contributed by atoms with Crippen molar-refractivity contribution in [1.29, 1.82) is 0 Å². The zero-order valence-corrected chi connectivity index (χ0v) is 13.4. The summed E-state index contributed by atoms with van der Waals surface area (Å²) in [7, 11) is 0. The minimum absolute atomic E-state index is 0.317. The molecule has 0 radical (unpaired) electrons. The number of rotatable bonds is 3. The third-order valence-corrected chi connectivity index (χ3v) is 4.00. The molecule has 2 aromatic heterocycles. The molecule has 0 aliphatic rings. The van der Waals surface area contributed by atoms with Gasteiger partial charge in [-0.05, 0) is 31.5 Å². The van der Waals surface area contributed by atoms with E-state index in [4.69, 9.17) is 0 Å². The molecule has 0 aliphatic heterocycles. The Hall–Kier alpha value is -2.59. The SMILES string of the molecule is CC#CCSc1nc2c(-c3ccc(F)cc3)c(C)nn2c(=O)[nH]1. The second-order valence-electron chi connectivity index (χ2n) is 4.77. The van der Waals surface area contributed by atoms with Crippen LogP contribution in [0.3, 0.4) is 0 Å². The van der Waals surface area contributed by atoms with Crippen LogP contribution in [0.1, 0.15) is 12.6 Å². The Balaban J connectivity index is 2.16. The summed E-state index contributed by atoms with van der Waals surface area (Å²) in [6, 6.07) is 6.05. The molecule has 1 N–H and O–H groups in total. The average molecular weight is 328 g/mol. The number of fused-ring (bicyclic) bond motifs is 1. The van der Waals surface area contributed by atoms with Gasteiger partial charge in [-0.25, -0.2) is 14.2 Å².